The monoisotopic (exact) mass is 375 g/mol. The van der Waals surface area contributed by atoms with Gasteiger partial charge < -0.3 is 5.73 Å². The van der Waals surface area contributed by atoms with Gasteiger partial charge in [0.2, 0.25) is 0 Å². The third-order valence-electron chi connectivity index (χ3n) is 2.65. The van der Waals surface area contributed by atoms with Gasteiger partial charge in [0, 0.05) is 15.7 Å². The second kappa shape index (κ2) is 5.59. The SMILES string of the molecule is Cc1c(Cl)cccc1NS(=O)(=O)c1cc(Br)cnc1N. The summed E-state index contributed by atoms with van der Waals surface area (Å²) < 4.78 is 27.7. The Morgan fingerprint density at radius 3 is 2.80 bits per heavy atom. The Balaban J connectivity index is 2.46. The second-order valence-electron chi connectivity index (χ2n) is 4.05. The number of nitrogen functional groups attached to an aromatic ring is 1. The van der Waals surface area contributed by atoms with Crippen LogP contribution in [0.4, 0.5) is 11.5 Å². The van der Waals surface area contributed by atoms with E-state index in [1.807, 2.05) is 0 Å². The molecule has 8 heteroatoms. The van der Waals surface area contributed by atoms with Crippen molar-refractivity contribution in [3.05, 3.63) is 45.5 Å². The summed E-state index contributed by atoms with van der Waals surface area (Å²) in [5, 5.41) is 0.477. The summed E-state index contributed by atoms with van der Waals surface area (Å²) in [6.07, 6.45) is 1.43. The minimum absolute atomic E-state index is 0.0691. The molecule has 3 N–H and O–H groups in total. The van der Waals surface area contributed by atoms with E-state index in [2.05, 4.69) is 25.6 Å². The quantitative estimate of drug-likeness (QED) is 0.861. The fraction of sp³-hybridized carbons (Fsp3) is 0.0833. The molecule has 2 aromatic rings. The average molecular weight is 377 g/mol. The van der Waals surface area contributed by atoms with E-state index in [0.717, 1.165) is 0 Å². The van der Waals surface area contributed by atoms with Gasteiger partial charge >= 0.3 is 0 Å². The van der Waals surface area contributed by atoms with Crippen molar-refractivity contribution in [1.29, 1.82) is 0 Å². The van der Waals surface area contributed by atoms with Gasteiger partial charge in [-0.15, -0.1) is 0 Å². The van der Waals surface area contributed by atoms with Crippen molar-refractivity contribution in [2.24, 2.45) is 0 Å². The number of rotatable bonds is 3. The van der Waals surface area contributed by atoms with Crippen molar-refractivity contribution >= 4 is 49.1 Å². The van der Waals surface area contributed by atoms with Crippen LogP contribution in [-0.2, 0) is 10.0 Å². The molecule has 0 fully saturated rings. The summed E-state index contributed by atoms with van der Waals surface area (Å²) >= 11 is 9.13. The molecule has 0 aliphatic carbocycles. The summed E-state index contributed by atoms with van der Waals surface area (Å²) in [6, 6.07) is 6.37. The molecule has 0 unspecified atom stereocenters. The van der Waals surface area contributed by atoms with Gasteiger partial charge in [-0.25, -0.2) is 13.4 Å². The van der Waals surface area contributed by atoms with E-state index in [1.54, 1.807) is 25.1 Å². The van der Waals surface area contributed by atoms with Crippen LogP contribution >= 0.6 is 27.5 Å². The zero-order chi connectivity index (χ0) is 14.9. The molecule has 1 aromatic heterocycles. The lowest BCUT2D eigenvalue weighted by molar-refractivity contribution is 0.601. The van der Waals surface area contributed by atoms with Crippen molar-refractivity contribution in [2.75, 3.05) is 10.5 Å². The summed E-state index contributed by atoms with van der Waals surface area (Å²) in [4.78, 5) is 3.72. The topological polar surface area (TPSA) is 85.1 Å². The van der Waals surface area contributed by atoms with Crippen LogP contribution in [0.25, 0.3) is 0 Å². The maximum Gasteiger partial charge on any atom is 0.265 e. The Morgan fingerprint density at radius 2 is 2.10 bits per heavy atom. The normalized spacial score (nSPS) is 11.3. The van der Waals surface area contributed by atoms with Crippen LogP contribution in [0.1, 0.15) is 5.56 Å². The number of hydrogen-bond acceptors (Lipinski definition) is 4. The van der Waals surface area contributed by atoms with Crippen molar-refractivity contribution in [1.82, 2.24) is 4.98 Å². The fourth-order valence-electron chi connectivity index (χ4n) is 1.56. The Bertz CT molecular complexity index is 765. The molecule has 0 saturated heterocycles. The fourth-order valence-corrected chi connectivity index (χ4v) is 3.45. The van der Waals surface area contributed by atoms with E-state index in [4.69, 9.17) is 17.3 Å². The van der Waals surface area contributed by atoms with E-state index in [1.165, 1.54) is 12.3 Å². The molecular formula is C12H11BrClN3O2S. The van der Waals surface area contributed by atoms with Gasteiger partial charge in [0.05, 0.1) is 5.69 Å². The number of halogens is 2. The third kappa shape index (κ3) is 3.05. The number of nitrogens with zero attached hydrogens (tertiary/aromatic N) is 1. The van der Waals surface area contributed by atoms with Crippen molar-refractivity contribution in [3.63, 3.8) is 0 Å². The molecule has 1 aromatic carbocycles. The first-order chi connectivity index (χ1) is 9.31. The Kier molecular flexibility index (Phi) is 4.22. The minimum Gasteiger partial charge on any atom is -0.383 e. The Hall–Kier alpha value is -1.31. The molecule has 0 bridgehead atoms. The predicted octanol–water partition coefficient (Wildman–Crippen LogP) is 3.19. The lowest BCUT2D eigenvalue weighted by Crippen LogP contribution is -2.16. The zero-order valence-corrected chi connectivity index (χ0v) is 13.6. The number of sulfonamides is 1. The van der Waals surface area contributed by atoms with Crippen LogP contribution in [0.15, 0.2) is 39.8 Å². The smallest absolute Gasteiger partial charge is 0.265 e. The van der Waals surface area contributed by atoms with Crippen molar-refractivity contribution < 1.29 is 8.42 Å². The Labute approximate surface area is 130 Å². The van der Waals surface area contributed by atoms with Crippen molar-refractivity contribution in [3.8, 4) is 0 Å². The van der Waals surface area contributed by atoms with Gasteiger partial charge in [-0.3, -0.25) is 4.72 Å². The molecule has 0 radical (unpaired) electrons. The molecule has 2 rings (SSSR count). The molecule has 0 spiro atoms. The highest BCUT2D eigenvalue weighted by atomic mass is 79.9. The van der Waals surface area contributed by atoms with Gasteiger partial charge in [-0.2, -0.15) is 0 Å². The molecule has 5 nitrogen and oxygen atoms in total. The first kappa shape index (κ1) is 15.1. The second-order valence-corrected chi connectivity index (χ2v) is 7.03. The van der Waals surface area contributed by atoms with Crippen LogP contribution in [-0.4, -0.2) is 13.4 Å². The Morgan fingerprint density at radius 1 is 1.40 bits per heavy atom. The van der Waals surface area contributed by atoms with Crippen LogP contribution in [0.3, 0.4) is 0 Å². The number of nitrogens with one attached hydrogen (secondary N) is 1. The zero-order valence-electron chi connectivity index (χ0n) is 10.4. The number of pyridine rings is 1. The molecule has 0 amide bonds. The van der Waals surface area contributed by atoms with Gasteiger partial charge in [0.1, 0.15) is 10.7 Å². The van der Waals surface area contributed by atoms with Crippen LogP contribution < -0.4 is 10.5 Å². The van der Waals surface area contributed by atoms with Crippen LogP contribution in [0, 0.1) is 6.92 Å². The van der Waals surface area contributed by atoms with E-state index in [-0.39, 0.29) is 10.7 Å². The van der Waals surface area contributed by atoms with E-state index in [0.29, 0.717) is 20.7 Å². The van der Waals surface area contributed by atoms with Crippen LogP contribution in [0.2, 0.25) is 5.02 Å². The number of anilines is 2. The number of nitrogens with two attached hydrogens (primary N) is 1. The minimum atomic E-state index is -3.83. The largest absolute Gasteiger partial charge is 0.383 e. The first-order valence-corrected chi connectivity index (χ1v) is 8.15. The molecule has 1 heterocycles. The van der Waals surface area contributed by atoms with E-state index < -0.39 is 10.0 Å². The highest BCUT2D eigenvalue weighted by Gasteiger charge is 2.20. The van der Waals surface area contributed by atoms with Gasteiger partial charge in [0.25, 0.3) is 10.0 Å². The van der Waals surface area contributed by atoms with Gasteiger partial charge in [-0.05, 0) is 46.6 Å². The molecule has 0 saturated carbocycles. The highest BCUT2D eigenvalue weighted by molar-refractivity contribution is 9.10. The maximum atomic E-state index is 12.3. The molecule has 20 heavy (non-hydrogen) atoms. The summed E-state index contributed by atoms with van der Waals surface area (Å²) in [5.41, 5.74) is 6.66. The number of aromatic nitrogens is 1. The van der Waals surface area contributed by atoms with Crippen molar-refractivity contribution in [2.45, 2.75) is 11.8 Å². The standard InChI is InChI=1S/C12H11BrClN3O2S/c1-7-9(14)3-2-4-10(7)17-20(18,19)11-5-8(13)6-16-12(11)15/h2-6,17H,1H3,(H2,15,16). The van der Waals surface area contributed by atoms with Gasteiger partial charge in [0.15, 0.2) is 0 Å². The summed E-state index contributed by atoms with van der Waals surface area (Å²) in [7, 11) is -3.83. The molecule has 0 aliphatic heterocycles. The van der Waals surface area contributed by atoms with Crippen LogP contribution in [0.5, 0.6) is 0 Å². The van der Waals surface area contributed by atoms with E-state index >= 15 is 0 Å². The van der Waals surface area contributed by atoms with E-state index in [9.17, 15) is 8.42 Å². The number of hydrogen-bond donors (Lipinski definition) is 2. The predicted molar refractivity (Wildman–Crippen MR) is 83.3 cm³/mol. The molecule has 0 atom stereocenters. The lowest BCUT2D eigenvalue weighted by atomic mass is 10.2. The lowest BCUT2D eigenvalue weighted by Gasteiger charge is -2.12. The van der Waals surface area contributed by atoms with Gasteiger partial charge in [-0.1, -0.05) is 17.7 Å². The number of benzene rings is 1. The first-order valence-electron chi connectivity index (χ1n) is 5.50. The maximum absolute atomic E-state index is 12.3. The molecular weight excluding hydrogens is 366 g/mol. The summed E-state index contributed by atoms with van der Waals surface area (Å²) in [5.74, 6) is -0.0691. The molecule has 106 valence electrons. The highest BCUT2D eigenvalue weighted by Crippen LogP contribution is 2.27. The molecule has 0 aliphatic rings. The average Bonchev–Trinajstić information content (AvgIpc) is 2.37. The third-order valence-corrected chi connectivity index (χ3v) is 4.89. The summed E-state index contributed by atoms with van der Waals surface area (Å²) in [6.45, 7) is 1.72.